The first-order chi connectivity index (χ1) is 12.0. The summed E-state index contributed by atoms with van der Waals surface area (Å²) < 4.78 is 14.6. The maximum atomic E-state index is 13.0. The normalized spacial score (nSPS) is 12.0. The first-order valence-electron chi connectivity index (χ1n) is 7.84. The third kappa shape index (κ3) is 4.10. The van der Waals surface area contributed by atoms with E-state index in [4.69, 9.17) is 0 Å². The van der Waals surface area contributed by atoms with E-state index in [0.717, 1.165) is 5.56 Å². The Labute approximate surface area is 144 Å². The Morgan fingerprint density at radius 2 is 1.88 bits per heavy atom. The lowest BCUT2D eigenvalue weighted by Gasteiger charge is -2.14. The fourth-order valence-electron chi connectivity index (χ4n) is 2.49. The highest BCUT2D eigenvalue weighted by Gasteiger charge is 2.17. The number of halogens is 1. The molecule has 0 aliphatic carbocycles. The number of hydrogen-bond acceptors (Lipinski definition) is 3. The predicted molar refractivity (Wildman–Crippen MR) is 92.5 cm³/mol. The van der Waals surface area contributed by atoms with E-state index in [1.54, 1.807) is 10.8 Å². The molecule has 3 rings (SSSR count). The monoisotopic (exact) mass is 339 g/mol. The highest BCUT2D eigenvalue weighted by Crippen LogP contribution is 2.21. The summed E-state index contributed by atoms with van der Waals surface area (Å²) in [4.78, 5) is 16.4. The minimum absolute atomic E-state index is 0.0153. The van der Waals surface area contributed by atoms with Crippen LogP contribution in [0, 0.1) is 12.7 Å². The lowest BCUT2D eigenvalue weighted by Crippen LogP contribution is -2.21. The molecule has 0 saturated heterocycles. The number of hydrogen-bond donors (Lipinski definition) is 2. The number of amides is 1. The van der Waals surface area contributed by atoms with Crippen LogP contribution in [-0.4, -0.2) is 20.6 Å². The van der Waals surface area contributed by atoms with Gasteiger partial charge in [0, 0.05) is 18.1 Å². The molecule has 0 unspecified atom stereocenters. The summed E-state index contributed by atoms with van der Waals surface area (Å²) in [6, 6.07) is 13.0. The summed E-state index contributed by atoms with van der Waals surface area (Å²) in [5.74, 6) is -0.281. The van der Waals surface area contributed by atoms with E-state index in [0.29, 0.717) is 17.1 Å². The molecule has 6 heteroatoms. The van der Waals surface area contributed by atoms with Gasteiger partial charge in [0.2, 0.25) is 5.91 Å². The molecular weight excluding hydrogens is 321 g/mol. The number of aryl methyl sites for hydroxylation is 1. The van der Waals surface area contributed by atoms with Crippen molar-refractivity contribution in [3.05, 3.63) is 83.7 Å². The van der Waals surface area contributed by atoms with Gasteiger partial charge in [-0.2, -0.15) is 0 Å². The molecule has 3 aromatic rings. The molecule has 0 saturated carbocycles. The van der Waals surface area contributed by atoms with Crippen LogP contribution in [0.4, 0.5) is 10.1 Å². The maximum absolute atomic E-state index is 13.0. The second-order valence-electron chi connectivity index (χ2n) is 5.78. The summed E-state index contributed by atoms with van der Waals surface area (Å²) in [6.45, 7) is 1.99. The van der Waals surface area contributed by atoms with Crippen molar-refractivity contribution >= 4 is 11.6 Å². The molecule has 25 heavy (non-hydrogen) atoms. The summed E-state index contributed by atoms with van der Waals surface area (Å²) in [6.07, 6.45) is 2.10. The first kappa shape index (κ1) is 16.9. The maximum Gasteiger partial charge on any atom is 0.244 e. The smallest absolute Gasteiger partial charge is 0.244 e. The molecule has 1 aromatic heterocycles. The van der Waals surface area contributed by atoms with Crippen LogP contribution in [0.2, 0.25) is 0 Å². The molecule has 0 fully saturated rings. The van der Waals surface area contributed by atoms with Crippen LogP contribution in [0.1, 0.15) is 23.1 Å². The van der Waals surface area contributed by atoms with Gasteiger partial charge in [0.1, 0.15) is 24.3 Å². The number of benzene rings is 2. The second-order valence-corrected chi connectivity index (χ2v) is 5.78. The van der Waals surface area contributed by atoms with E-state index in [2.05, 4.69) is 10.3 Å². The standard InChI is InChI=1S/C19H18FN3O2/c1-13-2-8-16(9-3-13)22-17(24)12-23-11-10-21-19(23)18(25)14-4-6-15(20)7-5-14/h2-11,18,25H,12H2,1H3,(H,22,24)/t18-/m1/s1. The van der Waals surface area contributed by atoms with Gasteiger partial charge in [-0.25, -0.2) is 9.37 Å². The minimum atomic E-state index is -1.04. The SMILES string of the molecule is Cc1ccc(NC(=O)Cn2ccnc2[C@H](O)c2ccc(F)cc2)cc1. The van der Waals surface area contributed by atoms with Crippen LogP contribution in [0.15, 0.2) is 60.9 Å². The summed E-state index contributed by atoms with van der Waals surface area (Å²) in [5, 5.41) is 13.3. The zero-order valence-electron chi connectivity index (χ0n) is 13.7. The number of nitrogens with zero attached hydrogens (tertiary/aromatic N) is 2. The Balaban J connectivity index is 1.71. The predicted octanol–water partition coefficient (Wildman–Crippen LogP) is 3.05. The van der Waals surface area contributed by atoms with Crippen LogP contribution >= 0.6 is 0 Å². The van der Waals surface area contributed by atoms with Crippen molar-refractivity contribution in [2.24, 2.45) is 0 Å². The van der Waals surface area contributed by atoms with Crippen LogP contribution in [-0.2, 0) is 11.3 Å². The Kier molecular flexibility index (Phi) is 4.90. The number of aliphatic hydroxyl groups excluding tert-OH is 1. The fraction of sp³-hybridized carbons (Fsp3) is 0.158. The number of aliphatic hydroxyl groups is 1. The van der Waals surface area contributed by atoms with Crippen LogP contribution in [0.3, 0.4) is 0 Å². The molecular formula is C19H18FN3O2. The highest BCUT2D eigenvalue weighted by atomic mass is 19.1. The molecule has 0 aliphatic heterocycles. The fourth-order valence-corrected chi connectivity index (χ4v) is 2.49. The Morgan fingerprint density at radius 1 is 1.20 bits per heavy atom. The van der Waals surface area contributed by atoms with Gasteiger partial charge in [-0.3, -0.25) is 4.79 Å². The van der Waals surface area contributed by atoms with Gasteiger partial charge in [0.25, 0.3) is 0 Å². The van der Waals surface area contributed by atoms with E-state index in [-0.39, 0.29) is 18.3 Å². The van der Waals surface area contributed by atoms with Crippen LogP contribution in [0.5, 0.6) is 0 Å². The number of imidazole rings is 1. The molecule has 128 valence electrons. The van der Waals surface area contributed by atoms with Crippen molar-refractivity contribution < 1.29 is 14.3 Å². The molecule has 0 aliphatic rings. The Morgan fingerprint density at radius 3 is 2.56 bits per heavy atom. The first-order valence-corrected chi connectivity index (χ1v) is 7.84. The van der Waals surface area contributed by atoms with Gasteiger partial charge in [0.15, 0.2) is 0 Å². The van der Waals surface area contributed by atoms with E-state index < -0.39 is 6.10 Å². The number of rotatable bonds is 5. The van der Waals surface area contributed by atoms with Crippen molar-refractivity contribution in [2.45, 2.75) is 19.6 Å². The number of aromatic nitrogens is 2. The van der Waals surface area contributed by atoms with Gasteiger partial charge in [-0.15, -0.1) is 0 Å². The topological polar surface area (TPSA) is 67.2 Å². The van der Waals surface area contributed by atoms with E-state index >= 15 is 0 Å². The number of nitrogens with one attached hydrogen (secondary N) is 1. The number of carbonyl (C=O) groups excluding carboxylic acids is 1. The quantitative estimate of drug-likeness (QED) is 0.751. The van der Waals surface area contributed by atoms with E-state index in [9.17, 15) is 14.3 Å². The minimum Gasteiger partial charge on any atom is -0.380 e. The van der Waals surface area contributed by atoms with Gasteiger partial charge in [-0.05, 0) is 36.8 Å². The molecule has 0 spiro atoms. The third-order valence-corrected chi connectivity index (χ3v) is 3.83. The van der Waals surface area contributed by atoms with Crippen molar-refractivity contribution in [1.29, 1.82) is 0 Å². The molecule has 2 aromatic carbocycles. The largest absolute Gasteiger partial charge is 0.380 e. The van der Waals surface area contributed by atoms with E-state index in [1.165, 1.54) is 30.5 Å². The molecule has 1 atom stereocenters. The average Bonchev–Trinajstić information content (AvgIpc) is 3.05. The van der Waals surface area contributed by atoms with Gasteiger partial charge >= 0.3 is 0 Å². The molecule has 1 heterocycles. The van der Waals surface area contributed by atoms with Crippen molar-refractivity contribution in [1.82, 2.24) is 9.55 Å². The summed E-state index contributed by atoms with van der Waals surface area (Å²) >= 11 is 0. The average molecular weight is 339 g/mol. The van der Waals surface area contributed by atoms with Gasteiger partial charge in [0.05, 0.1) is 0 Å². The number of carbonyl (C=O) groups is 1. The van der Waals surface area contributed by atoms with Crippen LogP contribution in [0.25, 0.3) is 0 Å². The summed E-state index contributed by atoms with van der Waals surface area (Å²) in [5.41, 5.74) is 2.32. The molecule has 0 bridgehead atoms. The lowest BCUT2D eigenvalue weighted by atomic mass is 10.1. The zero-order chi connectivity index (χ0) is 17.8. The van der Waals surface area contributed by atoms with Crippen molar-refractivity contribution in [2.75, 3.05) is 5.32 Å². The molecule has 5 nitrogen and oxygen atoms in total. The molecule has 2 N–H and O–H groups in total. The van der Waals surface area contributed by atoms with Crippen molar-refractivity contribution in [3.8, 4) is 0 Å². The van der Waals surface area contributed by atoms with E-state index in [1.807, 2.05) is 31.2 Å². The highest BCUT2D eigenvalue weighted by molar-refractivity contribution is 5.90. The van der Waals surface area contributed by atoms with Crippen molar-refractivity contribution in [3.63, 3.8) is 0 Å². The second kappa shape index (κ2) is 7.27. The summed E-state index contributed by atoms with van der Waals surface area (Å²) in [7, 11) is 0. The zero-order valence-corrected chi connectivity index (χ0v) is 13.7. The Bertz CT molecular complexity index is 857. The molecule has 0 radical (unpaired) electrons. The Hall–Kier alpha value is -2.99. The van der Waals surface area contributed by atoms with Crippen LogP contribution < -0.4 is 5.32 Å². The third-order valence-electron chi connectivity index (χ3n) is 3.83. The number of anilines is 1. The lowest BCUT2D eigenvalue weighted by molar-refractivity contribution is -0.116. The van der Waals surface area contributed by atoms with Gasteiger partial charge in [-0.1, -0.05) is 29.8 Å². The van der Waals surface area contributed by atoms with Gasteiger partial charge < -0.3 is 15.0 Å². The molecule has 1 amide bonds.